The third kappa shape index (κ3) is 5.43. The molecule has 1 N–H and O–H groups in total. The second-order valence-corrected chi connectivity index (χ2v) is 7.70. The average molecular weight is 394 g/mol. The van der Waals surface area contributed by atoms with E-state index in [-0.39, 0.29) is 23.8 Å². The zero-order valence-corrected chi connectivity index (χ0v) is 16.6. The summed E-state index contributed by atoms with van der Waals surface area (Å²) in [5.41, 5.74) is 1.02. The lowest BCUT2D eigenvalue weighted by Gasteiger charge is -2.37. The van der Waals surface area contributed by atoms with Crippen LogP contribution >= 0.6 is 11.6 Å². The molecule has 0 saturated carbocycles. The summed E-state index contributed by atoms with van der Waals surface area (Å²) in [6, 6.07) is 7.27. The fourth-order valence-electron chi connectivity index (χ4n) is 3.68. The number of amides is 2. The van der Waals surface area contributed by atoms with Crippen molar-refractivity contribution < 1.29 is 14.3 Å². The van der Waals surface area contributed by atoms with E-state index in [4.69, 9.17) is 16.3 Å². The molecule has 2 fully saturated rings. The van der Waals surface area contributed by atoms with Gasteiger partial charge in [-0.15, -0.1) is 0 Å². The van der Waals surface area contributed by atoms with Crippen molar-refractivity contribution in [2.24, 2.45) is 5.92 Å². The first kappa shape index (κ1) is 20.1. The number of ether oxygens (including phenoxy) is 1. The highest BCUT2D eigenvalue weighted by atomic mass is 35.5. The molecule has 2 amide bonds. The van der Waals surface area contributed by atoms with Crippen LogP contribution in [-0.2, 0) is 20.9 Å². The molecule has 0 aliphatic carbocycles. The minimum Gasteiger partial charge on any atom is -0.378 e. The Labute approximate surface area is 165 Å². The van der Waals surface area contributed by atoms with Gasteiger partial charge >= 0.3 is 0 Å². The van der Waals surface area contributed by atoms with Crippen LogP contribution in [0.4, 0.5) is 0 Å². The van der Waals surface area contributed by atoms with Crippen molar-refractivity contribution in [3.05, 3.63) is 34.9 Å². The lowest BCUT2D eigenvalue weighted by atomic mass is 9.94. The number of hydrogen-bond donors (Lipinski definition) is 1. The second kappa shape index (κ2) is 9.53. The van der Waals surface area contributed by atoms with Crippen molar-refractivity contribution in [2.45, 2.75) is 32.4 Å². The third-order valence-corrected chi connectivity index (χ3v) is 5.76. The number of benzene rings is 1. The first-order valence-electron chi connectivity index (χ1n) is 9.67. The first-order valence-corrected chi connectivity index (χ1v) is 10.0. The lowest BCUT2D eigenvalue weighted by molar-refractivity contribution is -0.141. The van der Waals surface area contributed by atoms with Crippen molar-refractivity contribution in [3.63, 3.8) is 0 Å². The maximum atomic E-state index is 12.6. The molecular formula is C20H28ClN3O3. The molecule has 27 heavy (non-hydrogen) atoms. The van der Waals surface area contributed by atoms with Crippen LogP contribution in [0.1, 0.15) is 25.3 Å². The molecule has 1 aromatic carbocycles. The van der Waals surface area contributed by atoms with Gasteiger partial charge in [-0.3, -0.25) is 14.5 Å². The molecular weight excluding hydrogens is 366 g/mol. The van der Waals surface area contributed by atoms with Crippen LogP contribution in [-0.4, -0.2) is 67.0 Å². The van der Waals surface area contributed by atoms with Gasteiger partial charge in [0.15, 0.2) is 0 Å². The molecule has 7 heteroatoms. The van der Waals surface area contributed by atoms with E-state index >= 15 is 0 Å². The summed E-state index contributed by atoms with van der Waals surface area (Å²) in [4.78, 5) is 29.2. The van der Waals surface area contributed by atoms with Crippen molar-refractivity contribution in [2.75, 3.05) is 39.4 Å². The van der Waals surface area contributed by atoms with E-state index < -0.39 is 0 Å². The van der Waals surface area contributed by atoms with Gasteiger partial charge in [-0.2, -0.15) is 0 Å². The molecule has 1 unspecified atom stereocenters. The van der Waals surface area contributed by atoms with Crippen LogP contribution in [0.25, 0.3) is 0 Å². The summed E-state index contributed by atoms with van der Waals surface area (Å²) in [7, 11) is 0. The number of halogens is 1. The molecule has 1 atom stereocenters. The summed E-state index contributed by atoms with van der Waals surface area (Å²) >= 11 is 5.88. The normalized spacial score (nSPS) is 20.3. The van der Waals surface area contributed by atoms with Gasteiger partial charge in [0.2, 0.25) is 11.8 Å². The SMILES string of the molecule is CC(C(=O)NCc1ccc(Cl)cc1)N1CCC(C(=O)N2CCOCC2)CC1. The van der Waals surface area contributed by atoms with E-state index in [1.165, 1.54) is 0 Å². The van der Waals surface area contributed by atoms with Crippen LogP contribution in [0, 0.1) is 5.92 Å². The van der Waals surface area contributed by atoms with Crippen LogP contribution in [0.3, 0.4) is 0 Å². The highest BCUT2D eigenvalue weighted by Gasteiger charge is 2.32. The molecule has 0 bridgehead atoms. The molecule has 0 radical (unpaired) electrons. The van der Waals surface area contributed by atoms with Crippen molar-refractivity contribution in [1.29, 1.82) is 0 Å². The predicted molar refractivity (Wildman–Crippen MR) is 104 cm³/mol. The number of hydrogen-bond acceptors (Lipinski definition) is 4. The fourth-order valence-corrected chi connectivity index (χ4v) is 3.81. The molecule has 0 aromatic heterocycles. The maximum absolute atomic E-state index is 12.6. The van der Waals surface area contributed by atoms with E-state index in [0.29, 0.717) is 37.9 Å². The predicted octanol–water partition coefficient (Wildman–Crippen LogP) is 1.92. The quantitative estimate of drug-likeness (QED) is 0.830. The smallest absolute Gasteiger partial charge is 0.237 e. The summed E-state index contributed by atoms with van der Waals surface area (Å²) in [5.74, 6) is 0.337. The maximum Gasteiger partial charge on any atom is 0.237 e. The molecule has 2 saturated heterocycles. The molecule has 2 heterocycles. The van der Waals surface area contributed by atoms with Gasteiger partial charge in [-0.1, -0.05) is 23.7 Å². The molecule has 2 aliphatic heterocycles. The third-order valence-electron chi connectivity index (χ3n) is 5.51. The topological polar surface area (TPSA) is 61.9 Å². The largest absolute Gasteiger partial charge is 0.378 e. The van der Waals surface area contributed by atoms with Gasteiger partial charge in [0, 0.05) is 30.6 Å². The Morgan fingerprint density at radius 2 is 1.78 bits per heavy atom. The minimum atomic E-state index is -0.197. The van der Waals surface area contributed by atoms with Gasteiger partial charge < -0.3 is 15.0 Å². The molecule has 2 aliphatic rings. The monoisotopic (exact) mass is 393 g/mol. The first-order chi connectivity index (χ1) is 13.0. The summed E-state index contributed by atoms with van der Waals surface area (Å²) in [6.45, 7) is 6.64. The van der Waals surface area contributed by atoms with E-state index in [0.717, 1.165) is 31.5 Å². The highest BCUT2D eigenvalue weighted by molar-refractivity contribution is 6.30. The summed E-state index contributed by atoms with van der Waals surface area (Å²) in [6.07, 6.45) is 1.62. The summed E-state index contributed by atoms with van der Waals surface area (Å²) in [5, 5.41) is 3.68. The van der Waals surface area contributed by atoms with Crippen molar-refractivity contribution >= 4 is 23.4 Å². The van der Waals surface area contributed by atoms with E-state index in [2.05, 4.69) is 10.2 Å². The van der Waals surface area contributed by atoms with Gasteiger partial charge in [-0.25, -0.2) is 0 Å². The Kier molecular flexibility index (Phi) is 7.10. The second-order valence-electron chi connectivity index (χ2n) is 7.27. The van der Waals surface area contributed by atoms with Crippen LogP contribution in [0.15, 0.2) is 24.3 Å². The number of likely N-dealkylation sites (tertiary alicyclic amines) is 1. The van der Waals surface area contributed by atoms with Crippen LogP contribution in [0.5, 0.6) is 0 Å². The molecule has 1 aromatic rings. The van der Waals surface area contributed by atoms with E-state index in [1.807, 2.05) is 36.1 Å². The zero-order valence-electron chi connectivity index (χ0n) is 15.8. The van der Waals surface area contributed by atoms with Crippen LogP contribution < -0.4 is 5.32 Å². The van der Waals surface area contributed by atoms with Crippen molar-refractivity contribution in [3.8, 4) is 0 Å². The Morgan fingerprint density at radius 3 is 2.41 bits per heavy atom. The van der Waals surface area contributed by atoms with Gasteiger partial charge in [0.1, 0.15) is 0 Å². The Morgan fingerprint density at radius 1 is 1.15 bits per heavy atom. The molecule has 0 spiro atoms. The Hall–Kier alpha value is -1.63. The Bertz CT molecular complexity index is 638. The average Bonchev–Trinajstić information content (AvgIpc) is 2.73. The Balaban J connectivity index is 1.43. The molecule has 148 valence electrons. The molecule has 3 rings (SSSR count). The van der Waals surface area contributed by atoms with Gasteiger partial charge in [0.05, 0.1) is 19.3 Å². The summed E-state index contributed by atoms with van der Waals surface area (Å²) < 4.78 is 5.32. The van der Waals surface area contributed by atoms with Gasteiger partial charge in [0.25, 0.3) is 0 Å². The number of nitrogens with one attached hydrogen (secondary N) is 1. The van der Waals surface area contributed by atoms with Crippen molar-refractivity contribution in [1.82, 2.24) is 15.1 Å². The number of piperidine rings is 1. The minimum absolute atomic E-state index is 0.0166. The van der Waals surface area contributed by atoms with E-state index in [9.17, 15) is 9.59 Å². The standard InChI is InChI=1S/C20H28ClN3O3/c1-15(19(25)22-14-16-2-4-18(21)5-3-16)23-8-6-17(7-9-23)20(26)24-10-12-27-13-11-24/h2-5,15,17H,6-14H2,1H3,(H,22,25). The van der Waals surface area contributed by atoms with E-state index in [1.54, 1.807) is 0 Å². The fraction of sp³-hybridized carbons (Fsp3) is 0.600. The number of nitrogens with zero attached hydrogens (tertiary/aromatic N) is 2. The number of rotatable bonds is 5. The molecule has 6 nitrogen and oxygen atoms in total. The number of morpholine rings is 1. The lowest BCUT2D eigenvalue weighted by Crippen LogP contribution is -2.51. The van der Waals surface area contributed by atoms with Crippen LogP contribution in [0.2, 0.25) is 5.02 Å². The highest BCUT2D eigenvalue weighted by Crippen LogP contribution is 2.22. The number of carbonyl (C=O) groups is 2. The number of carbonyl (C=O) groups excluding carboxylic acids is 2. The zero-order chi connectivity index (χ0) is 19.2. The van der Waals surface area contributed by atoms with Gasteiger partial charge in [-0.05, 0) is 50.6 Å².